The maximum atomic E-state index is 13.1. The van der Waals surface area contributed by atoms with Gasteiger partial charge in [-0.25, -0.2) is 4.98 Å². The van der Waals surface area contributed by atoms with Crippen LogP contribution in [0.15, 0.2) is 24.3 Å². The number of carbonyl (C=O) groups excluding carboxylic acids is 2. The zero-order valence-electron chi connectivity index (χ0n) is 19.7. The summed E-state index contributed by atoms with van der Waals surface area (Å²) in [5.41, 5.74) is 2.36. The monoisotopic (exact) mass is 515 g/mol. The lowest BCUT2D eigenvalue weighted by molar-refractivity contribution is 0.0284. The van der Waals surface area contributed by atoms with E-state index in [4.69, 9.17) is 16.3 Å². The molecule has 1 fully saturated rings. The molecule has 0 bridgehead atoms. The van der Waals surface area contributed by atoms with Crippen LogP contribution < -0.4 is 10.6 Å². The van der Waals surface area contributed by atoms with Gasteiger partial charge in [0.15, 0.2) is 5.01 Å². The Morgan fingerprint density at radius 2 is 1.97 bits per heavy atom. The number of aromatic nitrogens is 2. The summed E-state index contributed by atoms with van der Waals surface area (Å²) >= 11 is 7.54. The first kappa shape index (κ1) is 24.2. The highest BCUT2D eigenvalue weighted by molar-refractivity contribution is 7.13. The number of halogens is 1. The Kier molecular flexibility index (Phi) is 7.38. The molecule has 0 radical (unpaired) electrons. The second kappa shape index (κ2) is 10.7. The Hall–Kier alpha value is -2.46. The fourth-order valence-corrected chi connectivity index (χ4v) is 6.09. The van der Waals surface area contributed by atoms with Crippen LogP contribution in [0.25, 0.3) is 10.9 Å². The van der Waals surface area contributed by atoms with E-state index < -0.39 is 0 Å². The molecule has 0 spiro atoms. The predicted octanol–water partition coefficient (Wildman–Crippen LogP) is 4.10. The summed E-state index contributed by atoms with van der Waals surface area (Å²) in [6, 6.07) is 7.03. The SMILES string of the molecule is CCOCN1CCc2nc(C(=O)N[C@@H]3CCCC[C@@H]3NC(=O)c3cc4cc(Cl)ccc4[nH]3)sc2C1. The zero-order valence-corrected chi connectivity index (χ0v) is 21.3. The second-order valence-corrected chi connectivity index (χ2v) is 10.7. The van der Waals surface area contributed by atoms with Crippen LogP contribution in [0.2, 0.25) is 5.02 Å². The lowest BCUT2D eigenvalue weighted by Gasteiger charge is -2.32. The van der Waals surface area contributed by atoms with Crippen LogP contribution in [0, 0.1) is 0 Å². The maximum Gasteiger partial charge on any atom is 0.280 e. The molecule has 35 heavy (non-hydrogen) atoms. The standard InChI is InChI=1S/C25H30ClN5O3S/c1-2-34-14-31-10-9-20-22(13-31)35-25(30-20)24(33)29-19-6-4-3-5-18(19)28-23(32)21-12-15-11-16(26)7-8-17(15)27-21/h7-8,11-12,18-19,27H,2-6,9-10,13-14H2,1H3,(H,28,32)(H,29,33)/t18-,19+/m0/s1. The van der Waals surface area contributed by atoms with E-state index in [2.05, 4.69) is 25.5 Å². The van der Waals surface area contributed by atoms with Crippen LogP contribution in [0.3, 0.4) is 0 Å². The van der Waals surface area contributed by atoms with E-state index >= 15 is 0 Å². The molecule has 186 valence electrons. The second-order valence-electron chi connectivity index (χ2n) is 9.17. The van der Waals surface area contributed by atoms with Crippen LogP contribution in [0.5, 0.6) is 0 Å². The number of aromatic amines is 1. The van der Waals surface area contributed by atoms with Crippen LogP contribution in [0.1, 0.15) is 63.5 Å². The molecule has 0 saturated heterocycles. The Bertz CT molecular complexity index is 1230. The minimum atomic E-state index is -0.178. The minimum Gasteiger partial charge on any atom is -0.366 e. The summed E-state index contributed by atoms with van der Waals surface area (Å²) in [4.78, 5) is 37.3. The molecule has 5 rings (SSSR count). The molecule has 1 aliphatic heterocycles. The van der Waals surface area contributed by atoms with Crippen molar-refractivity contribution in [3.05, 3.63) is 50.6 Å². The fourth-order valence-electron chi connectivity index (χ4n) is 4.85. The molecule has 8 nitrogen and oxygen atoms in total. The lowest BCUT2D eigenvalue weighted by atomic mass is 9.90. The molecule has 10 heteroatoms. The molecular formula is C25H30ClN5O3S. The molecule has 2 amide bonds. The number of amides is 2. The van der Waals surface area contributed by atoms with Crippen molar-refractivity contribution in [2.45, 2.75) is 57.7 Å². The number of hydrogen-bond acceptors (Lipinski definition) is 6. The molecule has 3 aromatic rings. The van der Waals surface area contributed by atoms with Crippen molar-refractivity contribution in [2.75, 3.05) is 19.9 Å². The number of rotatable bonds is 7. The van der Waals surface area contributed by atoms with Crippen molar-refractivity contribution in [3.63, 3.8) is 0 Å². The molecule has 2 atom stereocenters. The summed E-state index contributed by atoms with van der Waals surface area (Å²) < 4.78 is 5.53. The summed E-state index contributed by atoms with van der Waals surface area (Å²) in [5.74, 6) is -0.338. The van der Waals surface area contributed by atoms with Gasteiger partial charge >= 0.3 is 0 Å². The van der Waals surface area contributed by atoms with E-state index in [0.717, 1.165) is 66.7 Å². The Balaban J connectivity index is 1.23. The van der Waals surface area contributed by atoms with Crippen LogP contribution in [0.4, 0.5) is 0 Å². The molecule has 0 unspecified atom stereocenters. The van der Waals surface area contributed by atoms with Crippen molar-refractivity contribution in [1.29, 1.82) is 0 Å². The predicted molar refractivity (Wildman–Crippen MR) is 137 cm³/mol. The molecule has 3 N–H and O–H groups in total. The van der Waals surface area contributed by atoms with Gasteiger partial charge in [0.2, 0.25) is 0 Å². The van der Waals surface area contributed by atoms with Gasteiger partial charge in [-0.2, -0.15) is 0 Å². The first-order valence-corrected chi connectivity index (χ1v) is 13.4. The largest absolute Gasteiger partial charge is 0.366 e. The van der Waals surface area contributed by atoms with E-state index in [9.17, 15) is 9.59 Å². The normalized spacial score (nSPS) is 20.5. The van der Waals surface area contributed by atoms with Crippen LogP contribution in [-0.2, 0) is 17.7 Å². The number of hydrogen-bond donors (Lipinski definition) is 3. The van der Waals surface area contributed by atoms with E-state index in [1.807, 2.05) is 25.1 Å². The quantitative estimate of drug-likeness (QED) is 0.440. The third-order valence-corrected chi connectivity index (χ3v) is 8.03. The molecule has 1 aliphatic carbocycles. The summed E-state index contributed by atoms with van der Waals surface area (Å²) in [6.07, 6.45) is 4.50. The Labute approximate surface area is 213 Å². The van der Waals surface area contributed by atoms with Crippen molar-refractivity contribution in [3.8, 4) is 0 Å². The number of benzene rings is 1. The van der Waals surface area contributed by atoms with Crippen molar-refractivity contribution < 1.29 is 14.3 Å². The summed E-state index contributed by atoms with van der Waals surface area (Å²) in [7, 11) is 0. The van der Waals surface area contributed by atoms with E-state index in [1.165, 1.54) is 11.3 Å². The van der Waals surface area contributed by atoms with Crippen molar-refractivity contribution in [1.82, 2.24) is 25.5 Å². The molecule has 2 aliphatic rings. The highest BCUT2D eigenvalue weighted by Gasteiger charge is 2.30. The highest BCUT2D eigenvalue weighted by atomic mass is 35.5. The van der Waals surface area contributed by atoms with Gasteiger partial charge in [0.1, 0.15) is 5.69 Å². The average Bonchev–Trinajstić information content (AvgIpc) is 3.47. The number of fused-ring (bicyclic) bond motifs is 2. The van der Waals surface area contributed by atoms with Gasteiger partial charge in [0.05, 0.1) is 12.4 Å². The van der Waals surface area contributed by atoms with Crippen LogP contribution >= 0.6 is 22.9 Å². The van der Waals surface area contributed by atoms with E-state index in [0.29, 0.717) is 29.1 Å². The number of nitrogens with zero attached hydrogens (tertiary/aromatic N) is 2. The third kappa shape index (κ3) is 5.53. The van der Waals surface area contributed by atoms with Gasteiger partial charge in [-0.3, -0.25) is 14.5 Å². The number of carbonyl (C=O) groups is 2. The lowest BCUT2D eigenvalue weighted by Crippen LogP contribution is -2.53. The fraction of sp³-hybridized carbons (Fsp3) is 0.480. The topological polar surface area (TPSA) is 99.3 Å². The highest BCUT2D eigenvalue weighted by Crippen LogP contribution is 2.26. The van der Waals surface area contributed by atoms with Crippen LogP contribution in [-0.4, -0.2) is 58.6 Å². The van der Waals surface area contributed by atoms with Gasteiger partial charge in [0.25, 0.3) is 11.8 Å². The molecule has 1 aromatic carbocycles. The van der Waals surface area contributed by atoms with Crippen molar-refractivity contribution in [2.24, 2.45) is 0 Å². The molecule has 3 heterocycles. The zero-order chi connectivity index (χ0) is 24.4. The maximum absolute atomic E-state index is 13.1. The van der Waals surface area contributed by atoms with E-state index in [1.54, 1.807) is 6.07 Å². The number of nitrogens with one attached hydrogen (secondary N) is 3. The van der Waals surface area contributed by atoms with Gasteiger partial charge in [0, 0.05) is 59.0 Å². The van der Waals surface area contributed by atoms with Crippen molar-refractivity contribution >= 4 is 45.7 Å². The molecule has 2 aromatic heterocycles. The molecule has 1 saturated carbocycles. The molecular weight excluding hydrogens is 486 g/mol. The van der Waals surface area contributed by atoms with E-state index in [-0.39, 0.29) is 23.9 Å². The first-order chi connectivity index (χ1) is 17.0. The van der Waals surface area contributed by atoms with Gasteiger partial charge in [-0.1, -0.05) is 24.4 Å². The number of H-pyrrole nitrogens is 1. The minimum absolute atomic E-state index is 0.130. The average molecular weight is 516 g/mol. The smallest absolute Gasteiger partial charge is 0.280 e. The van der Waals surface area contributed by atoms with Gasteiger partial charge in [-0.05, 0) is 44.0 Å². The van der Waals surface area contributed by atoms with Gasteiger partial charge < -0.3 is 20.4 Å². The third-order valence-electron chi connectivity index (χ3n) is 6.71. The number of thiazole rings is 1. The Morgan fingerprint density at radius 1 is 1.20 bits per heavy atom. The summed E-state index contributed by atoms with van der Waals surface area (Å²) in [5, 5.41) is 8.31. The first-order valence-electron chi connectivity index (χ1n) is 12.2. The van der Waals surface area contributed by atoms with Gasteiger partial charge in [-0.15, -0.1) is 11.3 Å². The summed E-state index contributed by atoms with van der Waals surface area (Å²) in [6.45, 7) is 4.92. The number of ether oxygens (including phenoxy) is 1. The Morgan fingerprint density at radius 3 is 2.74 bits per heavy atom.